The Balaban J connectivity index is 1.69. The van der Waals surface area contributed by atoms with Gasteiger partial charge < -0.3 is 9.30 Å². The van der Waals surface area contributed by atoms with Crippen molar-refractivity contribution in [2.45, 2.75) is 84.8 Å². The molecular formula is C23H29Cl2NO5. The number of carbonyl (C=O) groups excluding carboxylic acids is 4. The molecular weight excluding hydrogens is 441 g/mol. The lowest BCUT2D eigenvalue weighted by Gasteiger charge is -2.36. The molecule has 0 bridgehead atoms. The maximum absolute atomic E-state index is 13.0. The normalized spacial score (nSPS) is 23.4. The second-order valence-corrected chi connectivity index (χ2v) is 10.8. The number of esters is 1. The van der Waals surface area contributed by atoms with Crippen LogP contribution in [0.3, 0.4) is 0 Å². The first kappa shape index (κ1) is 24.0. The summed E-state index contributed by atoms with van der Waals surface area (Å²) in [5.74, 6) is -1.59. The van der Waals surface area contributed by atoms with Crippen molar-refractivity contribution in [1.29, 1.82) is 0 Å². The first-order chi connectivity index (χ1) is 14.3. The molecule has 6 nitrogen and oxygen atoms in total. The Bertz CT molecular complexity index is 933. The van der Waals surface area contributed by atoms with E-state index >= 15 is 0 Å². The second kappa shape index (κ2) is 8.70. The zero-order chi connectivity index (χ0) is 23.1. The third kappa shape index (κ3) is 5.06. The molecule has 3 rings (SSSR count). The average molecular weight is 470 g/mol. The summed E-state index contributed by atoms with van der Waals surface area (Å²) in [5.41, 5.74) is -0.0516. The predicted molar refractivity (Wildman–Crippen MR) is 118 cm³/mol. The molecule has 0 aromatic carbocycles. The first-order valence-electron chi connectivity index (χ1n) is 10.7. The van der Waals surface area contributed by atoms with Gasteiger partial charge in [-0.25, -0.2) is 0 Å². The van der Waals surface area contributed by atoms with E-state index < -0.39 is 22.4 Å². The summed E-state index contributed by atoms with van der Waals surface area (Å²) < 4.78 is 7.15. The number of Topliss-reactive ketones (excluding diaryl/α,β-unsaturated/α-hetero) is 2. The van der Waals surface area contributed by atoms with Crippen molar-refractivity contribution in [3.63, 3.8) is 0 Å². The van der Waals surface area contributed by atoms with Gasteiger partial charge in [-0.1, -0.05) is 18.5 Å². The van der Waals surface area contributed by atoms with Gasteiger partial charge in [0.1, 0.15) is 11.3 Å². The average Bonchev–Trinajstić information content (AvgIpc) is 3.18. The number of rotatable bonds is 6. The van der Waals surface area contributed by atoms with Crippen molar-refractivity contribution >= 4 is 46.0 Å². The van der Waals surface area contributed by atoms with E-state index in [-0.39, 0.29) is 40.0 Å². The van der Waals surface area contributed by atoms with E-state index in [0.717, 1.165) is 6.42 Å². The van der Waals surface area contributed by atoms with Crippen molar-refractivity contribution in [1.82, 2.24) is 4.57 Å². The fourth-order valence-electron chi connectivity index (χ4n) is 4.68. The van der Waals surface area contributed by atoms with Crippen LogP contribution in [0, 0.1) is 11.3 Å². The third-order valence-corrected chi connectivity index (χ3v) is 6.85. The van der Waals surface area contributed by atoms with E-state index in [1.807, 2.05) is 27.7 Å². The van der Waals surface area contributed by atoms with Crippen molar-refractivity contribution < 1.29 is 23.9 Å². The Morgan fingerprint density at radius 2 is 1.77 bits per heavy atom. The molecule has 1 aromatic rings. The van der Waals surface area contributed by atoms with Crippen LogP contribution >= 0.6 is 23.2 Å². The van der Waals surface area contributed by atoms with E-state index in [0.29, 0.717) is 44.3 Å². The molecule has 2 aliphatic rings. The molecule has 8 heteroatoms. The third-order valence-electron chi connectivity index (χ3n) is 6.29. The Morgan fingerprint density at radius 3 is 2.32 bits per heavy atom. The highest BCUT2D eigenvalue weighted by Gasteiger charge is 2.40. The van der Waals surface area contributed by atoms with E-state index in [4.69, 9.17) is 27.9 Å². The second-order valence-electron chi connectivity index (χ2n) is 10.1. The fourth-order valence-corrected chi connectivity index (χ4v) is 5.31. The Hall–Kier alpha value is -1.66. The predicted octanol–water partition coefficient (Wildman–Crippen LogP) is 5.15. The Labute approximate surface area is 192 Å². The molecule has 1 fully saturated rings. The van der Waals surface area contributed by atoms with Crippen LogP contribution in [0.2, 0.25) is 5.02 Å². The Kier molecular flexibility index (Phi) is 6.73. The smallest absolute Gasteiger partial charge is 0.309 e. The molecule has 0 saturated heterocycles. The summed E-state index contributed by atoms with van der Waals surface area (Å²) >= 11 is 12.0. The van der Waals surface area contributed by atoms with Gasteiger partial charge in [-0.05, 0) is 76.3 Å². The van der Waals surface area contributed by atoms with Gasteiger partial charge in [0.2, 0.25) is 11.6 Å². The quantitative estimate of drug-likeness (QED) is 0.249. The van der Waals surface area contributed by atoms with Gasteiger partial charge in [-0.2, -0.15) is 0 Å². The molecule has 1 aliphatic heterocycles. The van der Waals surface area contributed by atoms with Crippen molar-refractivity contribution in [2.24, 2.45) is 11.3 Å². The van der Waals surface area contributed by atoms with Crippen LogP contribution in [0.1, 0.15) is 92.8 Å². The summed E-state index contributed by atoms with van der Waals surface area (Å²) in [7, 11) is 0. The number of nitrogens with zero attached hydrogens (tertiary/aromatic N) is 1. The topological polar surface area (TPSA) is 82.4 Å². The monoisotopic (exact) mass is 469 g/mol. The minimum absolute atomic E-state index is 0.0214. The van der Waals surface area contributed by atoms with Gasteiger partial charge >= 0.3 is 5.97 Å². The van der Waals surface area contributed by atoms with E-state index in [9.17, 15) is 19.2 Å². The van der Waals surface area contributed by atoms with Crippen molar-refractivity contribution in [3.05, 3.63) is 22.0 Å². The van der Waals surface area contributed by atoms with Crippen LogP contribution in [-0.2, 0) is 27.3 Å². The number of ketones is 2. The summed E-state index contributed by atoms with van der Waals surface area (Å²) in [5, 5.41) is -0.735. The van der Waals surface area contributed by atoms with E-state index in [1.54, 1.807) is 4.57 Å². The zero-order valence-electron chi connectivity index (χ0n) is 18.5. The molecule has 0 N–H and O–H groups in total. The van der Waals surface area contributed by atoms with Crippen molar-refractivity contribution in [2.75, 3.05) is 0 Å². The molecule has 0 radical (unpaired) electrons. The minimum atomic E-state index is -0.713. The van der Waals surface area contributed by atoms with Crippen LogP contribution in [0.5, 0.6) is 0 Å². The van der Waals surface area contributed by atoms with Crippen LogP contribution in [0.4, 0.5) is 0 Å². The van der Waals surface area contributed by atoms with Gasteiger partial charge in [0.15, 0.2) is 0 Å². The molecule has 0 atom stereocenters. The lowest BCUT2D eigenvalue weighted by molar-refractivity contribution is -0.161. The van der Waals surface area contributed by atoms with Crippen LogP contribution < -0.4 is 0 Å². The summed E-state index contributed by atoms with van der Waals surface area (Å²) in [6.07, 6.45) is 4.00. The molecule has 170 valence electrons. The standard InChI is InChI=1S/C23H29Cl2NO5/c1-22(2,3)31-21(30)13-7-9-23(4,10-8-13)12-15(27)19(28)18-17(24)16(20(25)29)14-6-5-11-26(14)18/h13H,5-12H2,1-4H3. The lowest BCUT2D eigenvalue weighted by Crippen LogP contribution is -2.35. The number of fused-ring (bicyclic) bond motifs is 1. The number of hydrogen-bond donors (Lipinski definition) is 0. The number of aromatic nitrogens is 1. The highest BCUT2D eigenvalue weighted by molar-refractivity contribution is 6.69. The molecule has 1 aromatic heterocycles. The lowest BCUT2D eigenvalue weighted by atomic mass is 9.69. The van der Waals surface area contributed by atoms with Gasteiger partial charge in [-0.15, -0.1) is 0 Å². The van der Waals surface area contributed by atoms with E-state index in [1.165, 1.54) is 0 Å². The highest BCUT2D eigenvalue weighted by atomic mass is 35.5. The van der Waals surface area contributed by atoms with Gasteiger partial charge in [-0.3, -0.25) is 19.2 Å². The van der Waals surface area contributed by atoms with Gasteiger partial charge in [0.25, 0.3) is 5.24 Å². The van der Waals surface area contributed by atoms with Crippen LogP contribution in [-0.4, -0.2) is 32.9 Å². The summed E-state index contributed by atoms with van der Waals surface area (Å²) in [6, 6.07) is 0. The molecule has 2 heterocycles. The van der Waals surface area contributed by atoms with Crippen molar-refractivity contribution in [3.8, 4) is 0 Å². The van der Waals surface area contributed by atoms with Crippen LogP contribution in [0.15, 0.2) is 0 Å². The SMILES string of the molecule is CC1(CC(=O)C(=O)c2c(Cl)c(C(=O)Cl)c3n2CCC3)CCC(C(=O)OC(C)(C)C)CC1. The fraction of sp³-hybridized carbons (Fsp3) is 0.652. The van der Waals surface area contributed by atoms with Gasteiger partial charge in [0.05, 0.1) is 16.5 Å². The molecule has 0 amide bonds. The number of halogens is 2. The molecule has 31 heavy (non-hydrogen) atoms. The van der Waals surface area contributed by atoms with E-state index in [2.05, 4.69) is 0 Å². The van der Waals surface area contributed by atoms with Gasteiger partial charge in [0, 0.05) is 18.7 Å². The Morgan fingerprint density at radius 1 is 1.16 bits per heavy atom. The molecule has 1 aliphatic carbocycles. The summed E-state index contributed by atoms with van der Waals surface area (Å²) in [6.45, 7) is 8.03. The zero-order valence-corrected chi connectivity index (χ0v) is 20.0. The number of hydrogen-bond acceptors (Lipinski definition) is 5. The number of ether oxygens (including phenoxy) is 1. The largest absolute Gasteiger partial charge is 0.460 e. The molecule has 1 saturated carbocycles. The molecule has 0 unspecified atom stereocenters. The highest BCUT2D eigenvalue weighted by Crippen LogP contribution is 2.43. The van der Waals surface area contributed by atoms with Crippen LogP contribution in [0.25, 0.3) is 0 Å². The maximum atomic E-state index is 13.0. The first-order valence-corrected chi connectivity index (χ1v) is 11.5. The maximum Gasteiger partial charge on any atom is 0.309 e. The minimum Gasteiger partial charge on any atom is -0.460 e. The number of carbonyl (C=O) groups is 4. The summed E-state index contributed by atoms with van der Waals surface area (Å²) in [4.78, 5) is 50.1. The molecule has 0 spiro atoms.